The number of rotatable bonds is 2. The molecule has 0 unspecified atom stereocenters. The standard InChI is InChI=1S/C10H8N6O2/c1-6-10(12)13-14-15(6)8-3-2-7(5-11)4-9(8)16(17)18/h2-4H,12H2,1H3. The van der Waals surface area contributed by atoms with Crippen LogP contribution in [0.1, 0.15) is 11.3 Å². The van der Waals surface area contributed by atoms with Gasteiger partial charge in [0.2, 0.25) is 0 Å². The van der Waals surface area contributed by atoms with Crippen molar-refractivity contribution in [3.8, 4) is 11.8 Å². The molecule has 18 heavy (non-hydrogen) atoms. The Kier molecular flexibility index (Phi) is 2.65. The molecule has 2 rings (SSSR count). The van der Waals surface area contributed by atoms with Gasteiger partial charge < -0.3 is 5.73 Å². The minimum atomic E-state index is -0.576. The lowest BCUT2D eigenvalue weighted by molar-refractivity contribution is -0.384. The predicted octanol–water partition coefficient (Wildman–Crippen LogP) is 0.938. The summed E-state index contributed by atoms with van der Waals surface area (Å²) < 4.78 is 1.27. The molecule has 0 fully saturated rings. The lowest BCUT2D eigenvalue weighted by atomic mass is 10.2. The topological polar surface area (TPSA) is 124 Å². The summed E-state index contributed by atoms with van der Waals surface area (Å²) in [6.07, 6.45) is 0. The molecule has 0 spiro atoms. The Balaban J connectivity index is 2.68. The van der Waals surface area contributed by atoms with Gasteiger partial charge in [-0.15, -0.1) is 5.10 Å². The van der Waals surface area contributed by atoms with Crippen LogP contribution in [-0.2, 0) is 0 Å². The summed E-state index contributed by atoms with van der Waals surface area (Å²) in [4.78, 5) is 10.4. The average molecular weight is 244 g/mol. The van der Waals surface area contributed by atoms with E-state index in [4.69, 9.17) is 11.0 Å². The van der Waals surface area contributed by atoms with Crippen LogP contribution >= 0.6 is 0 Å². The highest BCUT2D eigenvalue weighted by Gasteiger charge is 2.19. The molecule has 0 amide bonds. The number of nitrogens with zero attached hydrogens (tertiary/aromatic N) is 5. The summed E-state index contributed by atoms with van der Waals surface area (Å²) in [5, 5.41) is 27.1. The van der Waals surface area contributed by atoms with Crippen LogP contribution in [0.5, 0.6) is 0 Å². The first-order chi connectivity index (χ1) is 8.54. The van der Waals surface area contributed by atoms with Crippen LogP contribution in [0.3, 0.4) is 0 Å². The minimum Gasteiger partial charge on any atom is -0.381 e. The van der Waals surface area contributed by atoms with Crippen molar-refractivity contribution in [2.75, 3.05) is 5.73 Å². The molecular formula is C10H8N6O2. The highest BCUT2D eigenvalue weighted by Crippen LogP contribution is 2.25. The summed E-state index contributed by atoms with van der Waals surface area (Å²) in [6.45, 7) is 1.65. The maximum atomic E-state index is 11.0. The molecule has 0 saturated heterocycles. The molecule has 8 nitrogen and oxygen atoms in total. The number of benzene rings is 1. The van der Waals surface area contributed by atoms with Crippen LogP contribution < -0.4 is 5.73 Å². The molecular weight excluding hydrogens is 236 g/mol. The van der Waals surface area contributed by atoms with Crippen molar-refractivity contribution in [1.29, 1.82) is 5.26 Å². The molecule has 0 saturated carbocycles. The molecule has 1 heterocycles. The van der Waals surface area contributed by atoms with Crippen molar-refractivity contribution in [3.63, 3.8) is 0 Å². The molecule has 0 bridgehead atoms. The van der Waals surface area contributed by atoms with E-state index in [9.17, 15) is 10.1 Å². The zero-order valence-corrected chi connectivity index (χ0v) is 9.36. The van der Waals surface area contributed by atoms with Gasteiger partial charge in [-0.05, 0) is 19.1 Å². The van der Waals surface area contributed by atoms with Gasteiger partial charge in [0.05, 0.1) is 22.2 Å². The van der Waals surface area contributed by atoms with E-state index in [-0.39, 0.29) is 22.8 Å². The Morgan fingerprint density at radius 3 is 2.78 bits per heavy atom. The zero-order valence-electron chi connectivity index (χ0n) is 9.36. The van der Waals surface area contributed by atoms with E-state index >= 15 is 0 Å². The molecule has 2 aromatic rings. The summed E-state index contributed by atoms with van der Waals surface area (Å²) >= 11 is 0. The Hall–Kier alpha value is -2.95. The first-order valence-corrected chi connectivity index (χ1v) is 4.91. The number of nitrogen functional groups attached to an aromatic ring is 1. The van der Waals surface area contributed by atoms with Crippen LogP contribution in [0, 0.1) is 28.4 Å². The number of anilines is 1. The van der Waals surface area contributed by atoms with E-state index in [1.165, 1.54) is 22.9 Å². The first kappa shape index (κ1) is 11.5. The predicted molar refractivity (Wildman–Crippen MR) is 61.9 cm³/mol. The van der Waals surface area contributed by atoms with Crippen molar-refractivity contribution in [3.05, 3.63) is 39.6 Å². The first-order valence-electron chi connectivity index (χ1n) is 4.91. The third kappa shape index (κ3) is 1.73. The number of nitro benzene ring substituents is 1. The van der Waals surface area contributed by atoms with Gasteiger partial charge in [-0.2, -0.15) is 5.26 Å². The highest BCUT2D eigenvalue weighted by molar-refractivity contribution is 5.57. The number of hydrogen-bond donors (Lipinski definition) is 1. The lowest BCUT2D eigenvalue weighted by Gasteiger charge is -2.04. The lowest BCUT2D eigenvalue weighted by Crippen LogP contribution is -2.04. The molecule has 0 aliphatic rings. The zero-order chi connectivity index (χ0) is 13.3. The molecule has 1 aromatic carbocycles. The van der Waals surface area contributed by atoms with Gasteiger partial charge in [-0.25, -0.2) is 4.68 Å². The van der Waals surface area contributed by atoms with Gasteiger partial charge in [-0.1, -0.05) is 5.21 Å². The van der Waals surface area contributed by atoms with Crippen molar-refractivity contribution >= 4 is 11.5 Å². The SMILES string of the molecule is Cc1c(N)nnn1-c1ccc(C#N)cc1[N+](=O)[O-]. The van der Waals surface area contributed by atoms with E-state index in [0.717, 1.165) is 0 Å². The number of hydrogen-bond acceptors (Lipinski definition) is 6. The van der Waals surface area contributed by atoms with Gasteiger partial charge in [0.15, 0.2) is 5.82 Å². The van der Waals surface area contributed by atoms with E-state index in [1.54, 1.807) is 6.92 Å². The van der Waals surface area contributed by atoms with E-state index in [0.29, 0.717) is 5.69 Å². The Morgan fingerprint density at radius 2 is 2.28 bits per heavy atom. The van der Waals surface area contributed by atoms with Crippen LogP contribution in [0.25, 0.3) is 5.69 Å². The average Bonchev–Trinajstić information content (AvgIpc) is 2.69. The van der Waals surface area contributed by atoms with Gasteiger partial charge in [0.1, 0.15) is 5.69 Å². The second kappa shape index (κ2) is 4.14. The van der Waals surface area contributed by atoms with Crippen LogP contribution in [0.15, 0.2) is 18.2 Å². The molecule has 2 N–H and O–H groups in total. The van der Waals surface area contributed by atoms with Gasteiger partial charge in [-0.3, -0.25) is 10.1 Å². The molecule has 0 atom stereocenters. The van der Waals surface area contributed by atoms with Crippen molar-refractivity contribution < 1.29 is 4.92 Å². The Labute approximate surface area is 101 Å². The third-order valence-corrected chi connectivity index (χ3v) is 2.46. The molecule has 90 valence electrons. The number of nitriles is 1. The van der Waals surface area contributed by atoms with E-state index in [2.05, 4.69) is 10.3 Å². The summed E-state index contributed by atoms with van der Waals surface area (Å²) in [5.74, 6) is 0.202. The second-order valence-corrected chi connectivity index (χ2v) is 3.54. The smallest absolute Gasteiger partial charge is 0.296 e. The fourth-order valence-corrected chi connectivity index (χ4v) is 1.49. The fraction of sp³-hybridized carbons (Fsp3) is 0.100. The van der Waals surface area contributed by atoms with Crippen molar-refractivity contribution in [1.82, 2.24) is 15.0 Å². The van der Waals surface area contributed by atoms with Gasteiger partial charge >= 0.3 is 0 Å². The minimum absolute atomic E-state index is 0.202. The highest BCUT2D eigenvalue weighted by atomic mass is 16.6. The normalized spacial score (nSPS) is 10.0. The molecule has 1 aromatic heterocycles. The maximum Gasteiger partial charge on any atom is 0.296 e. The van der Waals surface area contributed by atoms with Crippen LogP contribution in [0.2, 0.25) is 0 Å². The monoisotopic (exact) mass is 244 g/mol. The molecule has 0 radical (unpaired) electrons. The Bertz CT molecular complexity index is 669. The third-order valence-electron chi connectivity index (χ3n) is 2.46. The number of nitro groups is 1. The quantitative estimate of drug-likeness (QED) is 0.619. The number of nitrogens with two attached hydrogens (primary N) is 1. The van der Waals surface area contributed by atoms with Crippen molar-refractivity contribution in [2.24, 2.45) is 0 Å². The van der Waals surface area contributed by atoms with Crippen molar-refractivity contribution in [2.45, 2.75) is 6.92 Å². The molecule has 0 aliphatic carbocycles. The maximum absolute atomic E-state index is 11.0. The van der Waals surface area contributed by atoms with Gasteiger partial charge in [0, 0.05) is 6.07 Å². The number of aromatic nitrogens is 3. The van der Waals surface area contributed by atoms with Crippen LogP contribution in [0.4, 0.5) is 11.5 Å². The van der Waals surface area contributed by atoms with Gasteiger partial charge in [0.25, 0.3) is 5.69 Å². The molecule has 0 aliphatic heterocycles. The second-order valence-electron chi connectivity index (χ2n) is 3.54. The summed E-state index contributed by atoms with van der Waals surface area (Å²) in [7, 11) is 0. The van der Waals surface area contributed by atoms with E-state index < -0.39 is 4.92 Å². The summed E-state index contributed by atoms with van der Waals surface area (Å²) in [5.41, 5.74) is 6.25. The largest absolute Gasteiger partial charge is 0.381 e. The fourth-order valence-electron chi connectivity index (χ4n) is 1.49. The molecule has 8 heteroatoms. The Morgan fingerprint density at radius 1 is 1.56 bits per heavy atom. The van der Waals surface area contributed by atoms with E-state index in [1.807, 2.05) is 6.07 Å². The summed E-state index contributed by atoms with van der Waals surface area (Å²) in [6, 6.07) is 5.95. The van der Waals surface area contributed by atoms with Crippen LogP contribution in [-0.4, -0.2) is 19.9 Å².